The molecule has 0 unspecified atom stereocenters. The Morgan fingerprint density at radius 1 is 0.717 bits per heavy atom. The normalized spacial score (nSPS) is 15.5. The highest BCUT2D eigenvalue weighted by Crippen LogP contribution is 2.36. The van der Waals surface area contributed by atoms with Crippen LogP contribution >= 0.6 is 0 Å². The number of nitrogens with zero attached hydrogens (tertiary/aromatic N) is 3. The Kier molecular flexibility index (Phi) is 14.5. The molecule has 2 aromatic carbocycles. The molecule has 46 heavy (non-hydrogen) atoms. The second kappa shape index (κ2) is 17.8. The molecule has 5 nitrogen and oxygen atoms in total. The van der Waals surface area contributed by atoms with E-state index in [0.717, 1.165) is 46.8 Å². The van der Waals surface area contributed by atoms with E-state index in [1.807, 2.05) is 19.1 Å². The molecule has 252 valence electrons. The summed E-state index contributed by atoms with van der Waals surface area (Å²) in [5.74, 6) is 0.418. The lowest BCUT2D eigenvalue weighted by atomic mass is 9.89. The second-order valence-electron chi connectivity index (χ2n) is 13.8. The van der Waals surface area contributed by atoms with Crippen molar-refractivity contribution in [1.29, 1.82) is 0 Å². The van der Waals surface area contributed by atoms with Crippen molar-refractivity contribution in [1.82, 2.24) is 0 Å². The topological polar surface area (TPSA) is 62.1 Å². The molecule has 0 radical (unpaired) electrons. The lowest BCUT2D eigenvalue weighted by Gasteiger charge is -2.25. The van der Waals surface area contributed by atoms with Gasteiger partial charge in [-0.3, -0.25) is 0 Å². The Morgan fingerprint density at radius 2 is 1.26 bits per heavy atom. The molecule has 0 aromatic heterocycles. The number of hydrogen-bond donors (Lipinski definition) is 0. The third kappa shape index (κ3) is 10.5. The minimum Gasteiger partial charge on any atom is -0.372 e. The quantitative estimate of drug-likeness (QED) is 0.127. The van der Waals surface area contributed by atoms with Gasteiger partial charge < -0.3 is 4.90 Å². The molecule has 2 aromatic rings. The fraction of sp³-hybridized carbons (Fsp3) is 0.550. The molecule has 0 spiro atoms. The number of allylic oxidation sites excluding steroid dienone is 4. The van der Waals surface area contributed by atoms with Crippen LogP contribution in [0.25, 0.3) is 0 Å². The van der Waals surface area contributed by atoms with Gasteiger partial charge in [-0.05, 0) is 102 Å². The Labute approximate surface area is 281 Å². The average molecular weight is 646 g/mol. The zero-order chi connectivity index (χ0) is 33.9. The Morgan fingerprint density at radius 3 is 1.72 bits per heavy atom. The van der Waals surface area contributed by atoms with Crippen molar-refractivity contribution in [2.75, 3.05) is 18.0 Å². The molecule has 0 N–H and O–H groups in total. The van der Waals surface area contributed by atoms with E-state index < -0.39 is 10.0 Å². The number of aliphatic imine (C=N–C) groups is 1. The summed E-state index contributed by atoms with van der Waals surface area (Å²) in [7, 11) is -3.95. The Hall–Kier alpha value is -2.99. The highest BCUT2D eigenvalue weighted by Gasteiger charge is 2.27. The van der Waals surface area contributed by atoms with E-state index in [1.165, 1.54) is 57.1 Å². The van der Waals surface area contributed by atoms with Gasteiger partial charge in [0.25, 0.3) is 10.0 Å². The summed E-state index contributed by atoms with van der Waals surface area (Å²) >= 11 is 0. The van der Waals surface area contributed by atoms with Crippen molar-refractivity contribution < 1.29 is 8.42 Å². The van der Waals surface area contributed by atoms with E-state index in [9.17, 15) is 8.42 Å². The smallest absolute Gasteiger partial charge is 0.283 e. The Bertz CT molecular complexity index is 1470. The number of rotatable bonds is 17. The third-order valence-electron chi connectivity index (χ3n) is 8.77. The van der Waals surface area contributed by atoms with Crippen molar-refractivity contribution in [3.05, 3.63) is 76.9 Å². The highest BCUT2D eigenvalue weighted by molar-refractivity contribution is 7.90. The molecule has 1 aliphatic carbocycles. The van der Waals surface area contributed by atoms with E-state index in [4.69, 9.17) is 4.99 Å². The summed E-state index contributed by atoms with van der Waals surface area (Å²) in [6, 6.07) is 12.7. The molecule has 0 bridgehead atoms. The number of benzene rings is 2. The summed E-state index contributed by atoms with van der Waals surface area (Å²) in [4.78, 5) is 7.75. The first kappa shape index (κ1) is 37.5. The summed E-state index contributed by atoms with van der Waals surface area (Å²) in [6.45, 7) is 21.1. The van der Waals surface area contributed by atoms with Gasteiger partial charge in [0, 0.05) is 18.8 Å². The molecule has 6 heteroatoms. The minimum atomic E-state index is -3.95. The molecular formula is C40H59N3O2S. The van der Waals surface area contributed by atoms with Crippen LogP contribution in [0.4, 0.5) is 11.4 Å². The maximum absolute atomic E-state index is 14.0. The van der Waals surface area contributed by atoms with E-state index in [-0.39, 0.29) is 11.8 Å². The Balaban J connectivity index is 1.85. The molecule has 0 saturated carbocycles. The number of unbranched alkanes of at least 4 members (excludes halogenated alkanes) is 6. The third-order valence-corrected chi connectivity index (χ3v) is 10.2. The van der Waals surface area contributed by atoms with Crippen molar-refractivity contribution in [3.8, 4) is 0 Å². The maximum Gasteiger partial charge on any atom is 0.283 e. The molecule has 0 amide bonds. The van der Waals surface area contributed by atoms with Gasteiger partial charge in [0.2, 0.25) is 0 Å². The van der Waals surface area contributed by atoms with Crippen LogP contribution in [0.15, 0.2) is 74.5 Å². The first-order chi connectivity index (χ1) is 21.9. The van der Waals surface area contributed by atoms with Crippen molar-refractivity contribution in [3.63, 3.8) is 0 Å². The van der Waals surface area contributed by atoms with Crippen molar-refractivity contribution >= 4 is 32.8 Å². The summed E-state index contributed by atoms with van der Waals surface area (Å²) in [5.41, 5.74) is 6.99. The van der Waals surface area contributed by atoms with E-state index >= 15 is 0 Å². The molecular weight excluding hydrogens is 587 g/mol. The lowest BCUT2D eigenvalue weighted by Crippen LogP contribution is -2.25. The zero-order valence-electron chi connectivity index (χ0n) is 30.1. The van der Waals surface area contributed by atoms with Gasteiger partial charge in [-0.15, -0.1) is 0 Å². The molecule has 0 atom stereocenters. The van der Waals surface area contributed by atoms with Gasteiger partial charge in [-0.2, -0.15) is 12.8 Å². The molecule has 0 fully saturated rings. The van der Waals surface area contributed by atoms with Gasteiger partial charge >= 0.3 is 0 Å². The van der Waals surface area contributed by atoms with Gasteiger partial charge in [0.05, 0.1) is 22.0 Å². The van der Waals surface area contributed by atoms with E-state index in [2.05, 4.69) is 101 Å². The molecule has 0 saturated heterocycles. The van der Waals surface area contributed by atoms with Crippen molar-refractivity contribution in [2.45, 2.75) is 136 Å². The fourth-order valence-electron chi connectivity index (χ4n) is 5.89. The highest BCUT2D eigenvalue weighted by atomic mass is 32.2. The van der Waals surface area contributed by atoms with Crippen LogP contribution in [0, 0.1) is 0 Å². The average Bonchev–Trinajstić information content (AvgIpc) is 3.01. The summed E-state index contributed by atoms with van der Waals surface area (Å²) in [5, 5.41) is 0. The predicted molar refractivity (Wildman–Crippen MR) is 200 cm³/mol. The number of anilines is 1. The van der Waals surface area contributed by atoms with E-state index in [1.54, 1.807) is 6.08 Å². The van der Waals surface area contributed by atoms with Gasteiger partial charge in [0.15, 0.2) is 0 Å². The number of sulfonamides is 1. The monoisotopic (exact) mass is 645 g/mol. The second-order valence-corrected chi connectivity index (χ2v) is 15.3. The fourth-order valence-corrected chi connectivity index (χ4v) is 7.63. The number of hydrogen-bond acceptors (Lipinski definition) is 4. The molecule has 0 heterocycles. The lowest BCUT2D eigenvalue weighted by molar-refractivity contribution is 0.592. The predicted octanol–water partition coefficient (Wildman–Crippen LogP) is 11.4. The van der Waals surface area contributed by atoms with Crippen molar-refractivity contribution in [2.24, 2.45) is 9.39 Å². The SMILES string of the molecule is CCCCCCN(CCCCCC)c1ccc(N=C2C=CC(=NS(=O)(=O)c3c(C(C)C)cc(C(C)C)cc3C(C)C)C(C)=C2)cc1. The first-order valence-corrected chi connectivity index (χ1v) is 19.1. The van der Waals surface area contributed by atoms with Crippen LogP contribution in [-0.2, 0) is 10.0 Å². The minimum absolute atomic E-state index is 0.0547. The van der Waals surface area contributed by atoms with Crippen LogP contribution in [0.3, 0.4) is 0 Å². The molecule has 1 aliphatic rings. The largest absolute Gasteiger partial charge is 0.372 e. The molecule has 0 aliphatic heterocycles. The van der Waals surface area contributed by atoms with Crippen LogP contribution in [-0.4, -0.2) is 32.9 Å². The van der Waals surface area contributed by atoms with Gasteiger partial charge in [0.1, 0.15) is 0 Å². The van der Waals surface area contributed by atoms with Crippen LogP contribution in [0.2, 0.25) is 0 Å². The van der Waals surface area contributed by atoms with Gasteiger partial charge in [-0.25, -0.2) is 4.99 Å². The summed E-state index contributed by atoms with van der Waals surface area (Å²) < 4.78 is 32.3. The standard InChI is InChI=1S/C40H59N3O2S/c1-10-12-14-16-24-43(25-17-15-13-11-2)36-21-18-34(19-22-36)41-35-20-23-39(32(9)26-35)42-46(44,45)40-37(30(5)6)27-33(29(3)4)28-38(40)31(7)8/h18-23,26-31H,10-17,24-25H2,1-9H3. The van der Waals surface area contributed by atoms with Crippen LogP contribution in [0.1, 0.15) is 148 Å². The van der Waals surface area contributed by atoms with Crippen LogP contribution < -0.4 is 4.90 Å². The molecule has 3 rings (SSSR count). The van der Waals surface area contributed by atoms with Gasteiger partial charge in [-0.1, -0.05) is 106 Å². The zero-order valence-corrected chi connectivity index (χ0v) is 30.9. The summed E-state index contributed by atoms with van der Waals surface area (Å²) in [6.07, 6.45) is 15.7. The maximum atomic E-state index is 14.0. The van der Waals surface area contributed by atoms with Crippen LogP contribution in [0.5, 0.6) is 0 Å². The first-order valence-electron chi connectivity index (χ1n) is 17.7. The van der Waals surface area contributed by atoms with E-state index in [0.29, 0.717) is 16.5 Å².